The first-order valence-electron chi connectivity index (χ1n) is 7.54. The molecule has 2 aliphatic rings. The summed E-state index contributed by atoms with van der Waals surface area (Å²) in [4.78, 5) is 12.2. The van der Waals surface area contributed by atoms with Gasteiger partial charge in [0.1, 0.15) is 0 Å². The van der Waals surface area contributed by atoms with Crippen LogP contribution in [0.3, 0.4) is 0 Å². The van der Waals surface area contributed by atoms with Crippen molar-refractivity contribution < 1.29 is 9.53 Å². The van der Waals surface area contributed by atoms with Gasteiger partial charge in [-0.25, -0.2) is 4.79 Å². The molecule has 2 nitrogen and oxygen atoms in total. The first-order chi connectivity index (χ1) is 10.8. The molecule has 0 N–H and O–H groups in total. The largest absolute Gasteiger partial charge is 0.462 e. The standard InChI is InChI=1S/C20H16O2/c1-13(14-7-3-2-4-8-14)18-15-9-5-6-10-16(15)19-17(18)11-12-22-20(19)21/h2-10H,11-12H2,1H3/b18-13+. The number of benzene rings is 2. The van der Waals surface area contributed by atoms with Crippen molar-refractivity contribution in [1.82, 2.24) is 0 Å². The van der Waals surface area contributed by atoms with Gasteiger partial charge in [0, 0.05) is 6.42 Å². The summed E-state index contributed by atoms with van der Waals surface area (Å²) in [6, 6.07) is 18.5. The number of ether oxygens (including phenoxy) is 1. The number of hydrogen-bond donors (Lipinski definition) is 0. The van der Waals surface area contributed by atoms with E-state index in [-0.39, 0.29) is 5.97 Å². The second kappa shape index (κ2) is 4.99. The molecular weight excluding hydrogens is 272 g/mol. The van der Waals surface area contributed by atoms with Gasteiger partial charge < -0.3 is 4.74 Å². The lowest BCUT2D eigenvalue weighted by Crippen LogP contribution is -2.14. The minimum Gasteiger partial charge on any atom is -0.462 e. The van der Waals surface area contributed by atoms with E-state index in [1.54, 1.807) is 0 Å². The van der Waals surface area contributed by atoms with E-state index in [1.165, 1.54) is 16.7 Å². The maximum Gasteiger partial charge on any atom is 0.339 e. The monoisotopic (exact) mass is 288 g/mol. The molecule has 4 rings (SSSR count). The number of fused-ring (bicyclic) bond motifs is 2. The zero-order valence-electron chi connectivity index (χ0n) is 12.4. The topological polar surface area (TPSA) is 26.3 Å². The lowest BCUT2D eigenvalue weighted by molar-refractivity contribution is -0.137. The molecule has 22 heavy (non-hydrogen) atoms. The van der Waals surface area contributed by atoms with Gasteiger partial charge in [0.2, 0.25) is 0 Å². The number of carbonyl (C=O) groups excluding carboxylic acids is 1. The van der Waals surface area contributed by atoms with Gasteiger partial charge in [0.05, 0.1) is 12.2 Å². The minimum atomic E-state index is -0.190. The SMILES string of the molecule is C/C(=C1\C2=C(C(=O)OCC2)c2ccccc21)c1ccccc1. The van der Waals surface area contributed by atoms with Crippen LogP contribution >= 0.6 is 0 Å². The number of esters is 1. The number of cyclic esters (lactones) is 1. The van der Waals surface area contributed by atoms with Crippen molar-refractivity contribution in [1.29, 1.82) is 0 Å². The van der Waals surface area contributed by atoms with E-state index in [0.717, 1.165) is 28.7 Å². The van der Waals surface area contributed by atoms with Crippen LogP contribution in [0.15, 0.2) is 60.2 Å². The highest BCUT2D eigenvalue weighted by atomic mass is 16.5. The Morgan fingerprint density at radius 2 is 1.64 bits per heavy atom. The molecule has 108 valence electrons. The number of allylic oxidation sites excluding steroid dienone is 2. The zero-order valence-corrected chi connectivity index (χ0v) is 12.4. The summed E-state index contributed by atoms with van der Waals surface area (Å²) in [7, 11) is 0. The van der Waals surface area contributed by atoms with E-state index >= 15 is 0 Å². The third-order valence-electron chi connectivity index (χ3n) is 4.44. The first-order valence-corrected chi connectivity index (χ1v) is 7.54. The second-order valence-electron chi connectivity index (χ2n) is 5.65. The van der Waals surface area contributed by atoms with Crippen LogP contribution in [0, 0.1) is 0 Å². The van der Waals surface area contributed by atoms with Crippen LogP contribution < -0.4 is 0 Å². The minimum absolute atomic E-state index is 0.190. The van der Waals surface area contributed by atoms with Gasteiger partial charge in [-0.15, -0.1) is 0 Å². The van der Waals surface area contributed by atoms with Crippen molar-refractivity contribution in [2.24, 2.45) is 0 Å². The molecule has 0 amide bonds. The van der Waals surface area contributed by atoms with E-state index in [4.69, 9.17) is 4.74 Å². The Morgan fingerprint density at radius 1 is 0.955 bits per heavy atom. The lowest BCUT2D eigenvalue weighted by Gasteiger charge is -2.17. The molecule has 1 aliphatic heterocycles. The maximum absolute atomic E-state index is 12.2. The van der Waals surface area contributed by atoms with E-state index < -0.39 is 0 Å². The molecule has 2 aromatic rings. The van der Waals surface area contributed by atoms with Gasteiger partial charge in [-0.05, 0) is 40.3 Å². The van der Waals surface area contributed by atoms with Gasteiger partial charge in [-0.2, -0.15) is 0 Å². The normalized spacial score (nSPS) is 18.7. The Morgan fingerprint density at radius 3 is 2.41 bits per heavy atom. The third kappa shape index (κ3) is 1.84. The van der Waals surface area contributed by atoms with E-state index in [9.17, 15) is 4.79 Å². The lowest BCUT2D eigenvalue weighted by atomic mass is 9.92. The molecule has 2 heteroatoms. The molecule has 0 bridgehead atoms. The van der Waals surface area contributed by atoms with Gasteiger partial charge in [-0.3, -0.25) is 0 Å². The molecule has 2 aromatic carbocycles. The molecular formula is C20H16O2. The Kier molecular flexibility index (Phi) is 2.97. The van der Waals surface area contributed by atoms with E-state index in [1.807, 2.05) is 36.4 Å². The Balaban J connectivity index is 2.02. The van der Waals surface area contributed by atoms with Crippen molar-refractivity contribution >= 4 is 22.7 Å². The van der Waals surface area contributed by atoms with Crippen molar-refractivity contribution in [3.05, 3.63) is 76.9 Å². The fourth-order valence-corrected chi connectivity index (χ4v) is 3.43. The maximum atomic E-state index is 12.2. The van der Waals surface area contributed by atoms with Gasteiger partial charge >= 0.3 is 5.97 Å². The molecule has 1 heterocycles. The first kappa shape index (κ1) is 13.1. The van der Waals surface area contributed by atoms with Crippen molar-refractivity contribution in [3.8, 4) is 0 Å². The zero-order chi connectivity index (χ0) is 15.1. The average molecular weight is 288 g/mol. The van der Waals surface area contributed by atoms with Crippen molar-refractivity contribution in [2.45, 2.75) is 13.3 Å². The van der Waals surface area contributed by atoms with Gasteiger partial charge in [-0.1, -0.05) is 54.6 Å². The summed E-state index contributed by atoms with van der Waals surface area (Å²) in [5.74, 6) is -0.190. The van der Waals surface area contributed by atoms with Crippen LogP contribution in [-0.2, 0) is 9.53 Å². The number of hydrogen-bond acceptors (Lipinski definition) is 2. The van der Waals surface area contributed by atoms with Crippen molar-refractivity contribution in [3.63, 3.8) is 0 Å². The Bertz CT molecular complexity index is 826. The van der Waals surface area contributed by atoms with Gasteiger partial charge in [0.15, 0.2) is 0 Å². The number of rotatable bonds is 1. The summed E-state index contributed by atoms with van der Waals surface area (Å²) in [6.45, 7) is 2.61. The predicted octanol–water partition coefficient (Wildman–Crippen LogP) is 4.33. The molecule has 0 saturated heterocycles. The summed E-state index contributed by atoms with van der Waals surface area (Å²) in [5.41, 5.74) is 7.66. The molecule has 0 atom stereocenters. The van der Waals surface area contributed by atoms with Gasteiger partial charge in [0.25, 0.3) is 0 Å². The molecule has 0 spiro atoms. The van der Waals surface area contributed by atoms with Crippen LogP contribution in [-0.4, -0.2) is 12.6 Å². The fourth-order valence-electron chi connectivity index (χ4n) is 3.43. The predicted molar refractivity (Wildman–Crippen MR) is 87.9 cm³/mol. The second-order valence-corrected chi connectivity index (χ2v) is 5.65. The summed E-state index contributed by atoms with van der Waals surface area (Å²) < 4.78 is 5.26. The Labute approximate surface area is 129 Å². The highest BCUT2D eigenvalue weighted by Crippen LogP contribution is 2.47. The Hall–Kier alpha value is -2.61. The van der Waals surface area contributed by atoms with Crippen LogP contribution in [0.2, 0.25) is 0 Å². The van der Waals surface area contributed by atoms with Crippen LogP contribution in [0.1, 0.15) is 30.0 Å². The summed E-state index contributed by atoms with van der Waals surface area (Å²) in [6.07, 6.45) is 0.787. The van der Waals surface area contributed by atoms with E-state index in [2.05, 4.69) is 25.1 Å². The van der Waals surface area contributed by atoms with E-state index in [0.29, 0.717) is 6.61 Å². The summed E-state index contributed by atoms with van der Waals surface area (Å²) >= 11 is 0. The van der Waals surface area contributed by atoms with Crippen LogP contribution in [0.4, 0.5) is 0 Å². The molecule has 0 aromatic heterocycles. The molecule has 1 aliphatic carbocycles. The summed E-state index contributed by atoms with van der Waals surface area (Å²) in [5, 5.41) is 0. The smallest absolute Gasteiger partial charge is 0.339 e. The fraction of sp³-hybridized carbons (Fsp3) is 0.150. The number of carbonyl (C=O) groups is 1. The molecule has 0 saturated carbocycles. The van der Waals surface area contributed by atoms with Crippen LogP contribution in [0.5, 0.6) is 0 Å². The van der Waals surface area contributed by atoms with Crippen molar-refractivity contribution in [2.75, 3.05) is 6.61 Å². The molecule has 0 fully saturated rings. The molecule has 0 unspecified atom stereocenters. The average Bonchev–Trinajstić information content (AvgIpc) is 2.90. The third-order valence-corrected chi connectivity index (χ3v) is 4.44. The highest BCUT2D eigenvalue weighted by molar-refractivity contribution is 6.27. The van der Waals surface area contributed by atoms with Crippen LogP contribution in [0.25, 0.3) is 16.7 Å². The quantitative estimate of drug-likeness (QED) is 0.730. The molecule has 0 radical (unpaired) electrons. The highest BCUT2D eigenvalue weighted by Gasteiger charge is 2.34.